The maximum Gasteiger partial charge on any atom is 0.137 e. The highest BCUT2D eigenvalue weighted by molar-refractivity contribution is 5.18. The van der Waals surface area contributed by atoms with Gasteiger partial charge in [-0.1, -0.05) is 30.3 Å². The summed E-state index contributed by atoms with van der Waals surface area (Å²) in [4.78, 5) is 2.50. The van der Waals surface area contributed by atoms with Gasteiger partial charge in [0.05, 0.1) is 6.61 Å². The van der Waals surface area contributed by atoms with Crippen LogP contribution in [0.1, 0.15) is 24.6 Å². The van der Waals surface area contributed by atoms with Crippen molar-refractivity contribution in [2.45, 2.75) is 25.1 Å². The van der Waals surface area contributed by atoms with Crippen LogP contribution in [0.5, 0.6) is 0 Å². The number of fused-ring (bicyclic) bond motifs is 1. The van der Waals surface area contributed by atoms with E-state index in [1.165, 1.54) is 24.9 Å². The standard InChI is InChI=1S/C12H15NO/c1-2-5-10(6-3-1)12-13-8-4-7-11(13)9-14-12/h1-3,5-6,11-12H,4,7-9H2. The van der Waals surface area contributed by atoms with E-state index in [1.54, 1.807) is 0 Å². The van der Waals surface area contributed by atoms with Crippen molar-refractivity contribution in [2.75, 3.05) is 13.2 Å². The molecule has 2 nitrogen and oxygen atoms in total. The predicted octanol–water partition coefficient (Wildman–Crippen LogP) is 2.18. The fraction of sp³-hybridized carbons (Fsp3) is 0.500. The molecule has 2 saturated heterocycles. The van der Waals surface area contributed by atoms with Crippen LogP contribution in [-0.2, 0) is 4.74 Å². The normalized spacial score (nSPS) is 32.0. The van der Waals surface area contributed by atoms with E-state index in [1.807, 2.05) is 0 Å². The van der Waals surface area contributed by atoms with Gasteiger partial charge in [0.15, 0.2) is 0 Å². The predicted molar refractivity (Wildman–Crippen MR) is 54.9 cm³/mol. The summed E-state index contributed by atoms with van der Waals surface area (Å²) in [5.74, 6) is 0. The minimum Gasteiger partial charge on any atom is -0.357 e. The lowest BCUT2D eigenvalue weighted by atomic mass is 10.2. The lowest BCUT2D eigenvalue weighted by Gasteiger charge is -2.21. The Morgan fingerprint density at radius 1 is 1.21 bits per heavy atom. The minimum absolute atomic E-state index is 0.226. The van der Waals surface area contributed by atoms with Gasteiger partial charge in [-0.05, 0) is 18.4 Å². The van der Waals surface area contributed by atoms with Crippen molar-refractivity contribution in [3.63, 3.8) is 0 Å². The van der Waals surface area contributed by atoms with Crippen molar-refractivity contribution in [3.8, 4) is 0 Å². The monoisotopic (exact) mass is 189 g/mol. The van der Waals surface area contributed by atoms with Crippen LogP contribution in [0.4, 0.5) is 0 Å². The summed E-state index contributed by atoms with van der Waals surface area (Å²) in [6.45, 7) is 2.11. The molecule has 0 amide bonds. The number of rotatable bonds is 1. The van der Waals surface area contributed by atoms with Crippen LogP contribution >= 0.6 is 0 Å². The molecule has 0 bridgehead atoms. The van der Waals surface area contributed by atoms with E-state index in [4.69, 9.17) is 4.74 Å². The van der Waals surface area contributed by atoms with Gasteiger partial charge in [0, 0.05) is 12.6 Å². The summed E-state index contributed by atoms with van der Waals surface area (Å²) < 4.78 is 5.83. The molecule has 74 valence electrons. The van der Waals surface area contributed by atoms with Crippen molar-refractivity contribution in [2.24, 2.45) is 0 Å². The van der Waals surface area contributed by atoms with Crippen LogP contribution in [0.25, 0.3) is 0 Å². The Kier molecular flexibility index (Phi) is 2.03. The summed E-state index contributed by atoms with van der Waals surface area (Å²) in [6.07, 6.45) is 2.87. The van der Waals surface area contributed by atoms with Gasteiger partial charge >= 0.3 is 0 Å². The number of nitrogens with zero attached hydrogens (tertiary/aromatic N) is 1. The summed E-state index contributed by atoms with van der Waals surface area (Å²) in [5, 5.41) is 0. The third kappa shape index (κ3) is 1.26. The van der Waals surface area contributed by atoms with E-state index in [2.05, 4.69) is 35.2 Å². The van der Waals surface area contributed by atoms with Crippen molar-refractivity contribution in [3.05, 3.63) is 35.9 Å². The second-order valence-electron chi connectivity index (χ2n) is 4.13. The maximum absolute atomic E-state index is 5.83. The number of hydrogen-bond acceptors (Lipinski definition) is 2. The zero-order chi connectivity index (χ0) is 9.38. The molecular formula is C12H15NO. The average Bonchev–Trinajstić information content (AvgIpc) is 2.79. The average molecular weight is 189 g/mol. The first-order valence-corrected chi connectivity index (χ1v) is 5.37. The quantitative estimate of drug-likeness (QED) is 0.671. The molecule has 2 heteroatoms. The molecule has 0 N–H and O–H groups in total. The fourth-order valence-corrected chi connectivity index (χ4v) is 2.55. The zero-order valence-corrected chi connectivity index (χ0v) is 8.23. The molecule has 1 aromatic carbocycles. The Hall–Kier alpha value is -0.860. The van der Waals surface area contributed by atoms with Crippen LogP contribution in [0.3, 0.4) is 0 Å². The second kappa shape index (κ2) is 3.37. The fourth-order valence-electron chi connectivity index (χ4n) is 2.55. The number of benzene rings is 1. The van der Waals surface area contributed by atoms with Crippen molar-refractivity contribution < 1.29 is 4.74 Å². The Morgan fingerprint density at radius 3 is 2.93 bits per heavy atom. The molecule has 3 rings (SSSR count). The third-order valence-electron chi connectivity index (χ3n) is 3.26. The minimum atomic E-state index is 0.226. The SMILES string of the molecule is c1ccc(C2OCC3CCCN32)cc1. The molecule has 2 aliphatic rings. The molecule has 0 radical (unpaired) electrons. The van der Waals surface area contributed by atoms with Crippen LogP contribution in [0, 0.1) is 0 Å². The van der Waals surface area contributed by atoms with E-state index >= 15 is 0 Å². The summed E-state index contributed by atoms with van der Waals surface area (Å²) in [5.41, 5.74) is 1.30. The van der Waals surface area contributed by atoms with Gasteiger partial charge in [-0.3, -0.25) is 4.90 Å². The molecule has 14 heavy (non-hydrogen) atoms. The second-order valence-corrected chi connectivity index (χ2v) is 4.13. The number of ether oxygens (including phenoxy) is 1. The van der Waals surface area contributed by atoms with Crippen LogP contribution < -0.4 is 0 Å². The lowest BCUT2D eigenvalue weighted by Crippen LogP contribution is -2.26. The molecule has 2 atom stereocenters. The smallest absolute Gasteiger partial charge is 0.137 e. The first-order chi connectivity index (χ1) is 6.95. The van der Waals surface area contributed by atoms with Gasteiger partial charge in [0.25, 0.3) is 0 Å². The Balaban J connectivity index is 1.86. The molecule has 2 heterocycles. The van der Waals surface area contributed by atoms with Crippen LogP contribution in [0.2, 0.25) is 0 Å². The molecule has 2 fully saturated rings. The molecular weight excluding hydrogens is 174 g/mol. The van der Waals surface area contributed by atoms with Gasteiger partial charge in [-0.15, -0.1) is 0 Å². The van der Waals surface area contributed by atoms with E-state index < -0.39 is 0 Å². The Morgan fingerprint density at radius 2 is 2.07 bits per heavy atom. The van der Waals surface area contributed by atoms with Gasteiger partial charge in [-0.25, -0.2) is 0 Å². The molecule has 0 saturated carbocycles. The van der Waals surface area contributed by atoms with Gasteiger partial charge in [0.1, 0.15) is 6.23 Å². The molecule has 1 aromatic rings. The highest BCUT2D eigenvalue weighted by Gasteiger charge is 2.37. The van der Waals surface area contributed by atoms with Crippen molar-refractivity contribution in [1.82, 2.24) is 4.90 Å². The van der Waals surface area contributed by atoms with Gasteiger partial charge in [-0.2, -0.15) is 0 Å². The molecule has 2 aliphatic heterocycles. The van der Waals surface area contributed by atoms with Crippen LogP contribution in [0.15, 0.2) is 30.3 Å². The molecule has 0 aliphatic carbocycles. The van der Waals surface area contributed by atoms with E-state index in [-0.39, 0.29) is 6.23 Å². The van der Waals surface area contributed by atoms with E-state index in [0.717, 1.165) is 6.61 Å². The first-order valence-electron chi connectivity index (χ1n) is 5.37. The first kappa shape index (κ1) is 8.45. The Bertz CT molecular complexity index is 311. The lowest BCUT2D eigenvalue weighted by molar-refractivity contribution is 0.0352. The maximum atomic E-state index is 5.83. The number of hydrogen-bond donors (Lipinski definition) is 0. The van der Waals surface area contributed by atoms with Crippen molar-refractivity contribution >= 4 is 0 Å². The van der Waals surface area contributed by atoms with Crippen LogP contribution in [-0.4, -0.2) is 24.1 Å². The highest BCUT2D eigenvalue weighted by Crippen LogP contribution is 2.35. The molecule has 0 aromatic heterocycles. The molecule has 0 spiro atoms. The molecule has 2 unspecified atom stereocenters. The van der Waals surface area contributed by atoms with Crippen molar-refractivity contribution in [1.29, 1.82) is 0 Å². The third-order valence-corrected chi connectivity index (χ3v) is 3.26. The van der Waals surface area contributed by atoms with E-state index in [0.29, 0.717) is 6.04 Å². The largest absolute Gasteiger partial charge is 0.357 e. The Labute approximate surface area is 84.5 Å². The summed E-state index contributed by atoms with van der Waals surface area (Å²) in [7, 11) is 0. The summed E-state index contributed by atoms with van der Waals surface area (Å²) in [6, 6.07) is 11.2. The highest BCUT2D eigenvalue weighted by atomic mass is 16.5. The summed E-state index contributed by atoms with van der Waals surface area (Å²) >= 11 is 0. The van der Waals surface area contributed by atoms with E-state index in [9.17, 15) is 0 Å². The van der Waals surface area contributed by atoms with Gasteiger partial charge in [0.2, 0.25) is 0 Å². The van der Waals surface area contributed by atoms with Gasteiger partial charge < -0.3 is 4.74 Å². The topological polar surface area (TPSA) is 12.5 Å². The zero-order valence-electron chi connectivity index (χ0n) is 8.23.